The van der Waals surface area contributed by atoms with E-state index in [0.717, 1.165) is 25.4 Å². The summed E-state index contributed by atoms with van der Waals surface area (Å²) in [5, 5.41) is 3.37. The minimum Gasteiger partial charge on any atom is -0.378 e. The summed E-state index contributed by atoms with van der Waals surface area (Å²) in [4.78, 5) is 0. The van der Waals surface area contributed by atoms with Gasteiger partial charge in [0, 0.05) is 6.61 Å². The van der Waals surface area contributed by atoms with Gasteiger partial charge in [-0.3, -0.25) is 0 Å². The molecule has 1 fully saturated rings. The summed E-state index contributed by atoms with van der Waals surface area (Å²) >= 11 is 0. The van der Waals surface area contributed by atoms with Gasteiger partial charge in [-0.1, -0.05) is 13.8 Å². The summed E-state index contributed by atoms with van der Waals surface area (Å²) in [5.41, 5.74) is 0. The number of hydrogen-bond acceptors (Lipinski definition) is 2. The van der Waals surface area contributed by atoms with Crippen molar-refractivity contribution in [1.82, 2.24) is 5.32 Å². The number of rotatable bonds is 5. The fraction of sp³-hybridized carbons (Fsp3) is 1.00. The van der Waals surface area contributed by atoms with Crippen molar-refractivity contribution in [2.45, 2.75) is 45.6 Å². The predicted octanol–water partition coefficient (Wildman–Crippen LogP) is 2.19. The fourth-order valence-electron chi connectivity index (χ4n) is 1.84. The minimum atomic E-state index is 0.495. The molecule has 1 aliphatic rings. The van der Waals surface area contributed by atoms with Crippen LogP contribution in [0.5, 0.6) is 0 Å². The molecule has 0 unspecified atom stereocenters. The Morgan fingerprint density at radius 3 is 2.38 bits per heavy atom. The SMILES string of the molecule is CCC(CC)OCC1CCNCC1. The van der Waals surface area contributed by atoms with Crippen LogP contribution in [0.25, 0.3) is 0 Å². The highest BCUT2D eigenvalue weighted by molar-refractivity contribution is 4.68. The second kappa shape index (κ2) is 6.39. The highest BCUT2D eigenvalue weighted by Crippen LogP contribution is 2.14. The number of hydrogen-bond donors (Lipinski definition) is 1. The minimum absolute atomic E-state index is 0.495. The fourth-order valence-corrected chi connectivity index (χ4v) is 1.84. The highest BCUT2D eigenvalue weighted by Gasteiger charge is 2.14. The molecule has 1 aliphatic heterocycles. The first-order valence-electron chi connectivity index (χ1n) is 5.69. The van der Waals surface area contributed by atoms with Gasteiger partial charge in [-0.25, -0.2) is 0 Å². The van der Waals surface area contributed by atoms with Crippen molar-refractivity contribution < 1.29 is 4.74 Å². The maximum atomic E-state index is 5.85. The molecule has 0 aromatic carbocycles. The molecule has 13 heavy (non-hydrogen) atoms. The van der Waals surface area contributed by atoms with Gasteiger partial charge in [-0.05, 0) is 44.7 Å². The van der Waals surface area contributed by atoms with Crippen molar-refractivity contribution in [3.05, 3.63) is 0 Å². The standard InChI is InChI=1S/C11H23NO/c1-3-11(4-2)13-9-10-5-7-12-8-6-10/h10-12H,3-9H2,1-2H3. The van der Waals surface area contributed by atoms with Crippen molar-refractivity contribution in [3.63, 3.8) is 0 Å². The zero-order valence-electron chi connectivity index (χ0n) is 9.01. The molecule has 0 spiro atoms. The monoisotopic (exact) mass is 185 g/mol. The molecule has 0 bridgehead atoms. The molecule has 0 aliphatic carbocycles. The quantitative estimate of drug-likeness (QED) is 0.709. The molecule has 0 aromatic rings. The summed E-state index contributed by atoms with van der Waals surface area (Å²) in [5.74, 6) is 0.807. The second-order valence-corrected chi connectivity index (χ2v) is 3.97. The van der Waals surface area contributed by atoms with Crippen molar-refractivity contribution in [2.75, 3.05) is 19.7 Å². The third kappa shape index (κ3) is 4.10. The lowest BCUT2D eigenvalue weighted by Crippen LogP contribution is -2.30. The van der Waals surface area contributed by atoms with Crippen molar-refractivity contribution in [1.29, 1.82) is 0 Å². The van der Waals surface area contributed by atoms with E-state index in [1.807, 2.05) is 0 Å². The second-order valence-electron chi connectivity index (χ2n) is 3.97. The van der Waals surface area contributed by atoms with E-state index in [2.05, 4.69) is 19.2 Å². The van der Waals surface area contributed by atoms with Crippen LogP contribution in [0.3, 0.4) is 0 Å². The molecule has 2 heteroatoms. The summed E-state index contributed by atoms with van der Waals surface area (Å²) in [6, 6.07) is 0. The van der Waals surface area contributed by atoms with E-state index in [1.54, 1.807) is 0 Å². The average molecular weight is 185 g/mol. The molecular weight excluding hydrogens is 162 g/mol. The van der Waals surface area contributed by atoms with Gasteiger partial charge in [-0.2, -0.15) is 0 Å². The molecule has 0 aromatic heterocycles. The molecule has 1 N–H and O–H groups in total. The first kappa shape index (κ1) is 11.0. The summed E-state index contributed by atoms with van der Waals surface area (Å²) in [6.45, 7) is 7.75. The average Bonchev–Trinajstić information content (AvgIpc) is 2.21. The molecule has 2 nitrogen and oxygen atoms in total. The maximum absolute atomic E-state index is 5.85. The zero-order chi connectivity index (χ0) is 9.52. The maximum Gasteiger partial charge on any atom is 0.0570 e. The Balaban J connectivity index is 2.09. The zero-order valence-corrected chi connectivity index (χ0v) is 9.01. The van der Waals surface area contributed by atoms with Crippen LogP contribution in [0.4, 0.5) is 0 Å². The Labute approximate surface area is 82.0 Å². The van der Waals surface area contributed by atoms with Crippen LogP contribution in [0.15, 0.2) is 0 Å². The largest absolute Gasteiger partial charge is 0.378 e. The van der Waals surface area contributed by atoms with Gasteiger partial charge in [-0.15, -0.1) is 0 Å². The lowest BCUT2D eigenvalue weighted by Gasteiger charge is -2.24. The predicted molar refractivity (Wildman–Crippen MR) is 55.9 cm³/mol. The first-order chi connectivity index (χ1) is 6.36. The third-order valence-electron chi connectivity index (χ3n) is 2.94. The Morgan fingerprint density at radius 1 is 1.23 bits per heavy atom. The van der Waals surface area contributed by atoms with E-state index in [4.69, 9.17) is 4.74 Å². The summed E-state index contributed by atoms with van der Waals surface area (Å²) in [7, 11) is 0. The van der Waals surface area contributed by atoms with Crippen molar-refractivity contribution in [2.24, 2.45) is 5.92 Å². The number of piperidine rings is 1. The van der Waals surface area contributed by atoms with Gasteiger partial charge in [0.2, 0.25) is 0 Å². The third-order valence-corrected chi connectivity index (χ3v) is 2.94. The lowest BCUT2D eigenvalue weighted by molar-refractivity contribution is 0.0184. The Kier molecular flexibility index (Phi) is 5.40. The van der Waals surface area contributed by atoms with Crippen LogP contribution in [-0.2, 0) is 4.74 Å². The van der Waals surface area contributed by atoms with Crippen LogP contribution < -0.4 is 5.32 Å². The normalized spacial score (nSPS) is 19.6. The van der Waals surface area contributed by atoms with Gasteiger partial charge in [0.25, 0.3) is 0 Å². The van der Waals surface area contributed by atoms with E-state index in [0.29, 0.717) is 6.10 Å². The van der Waals surface area contributed by atoms with Crippen LogP contribution in [-0.4, -0.2) is 25.8 Å². The van der Waals surface area contributed by atoms with E-state index >= 15 is 0 Å². The smallest absolute Gasteiger partial charge is 0.0570 e. The molecule has 1 rings (SSSR count). The molecular formula is C11H23NO. The molecule has 0 atom stereocenters. The van der Waals surface area contributed by atoms with E-state index in [1.165, 1.54) is 25.9 Å². The van der Waals surface area contributed by atoms with Gasteiger partial charge in [0.15, 0.2) is 0 Å². The van der Waals surface area contributed by atoms with E-state index < -0.39 is 0 Å². The molecule has 1 heterocycles. The Hall–Kier alpha value is -0.0800. The van der Waals surface area contributed by atoms with Gasteiger partial charge >= 0.3 is 0 Å². The van der Waals surface area contributed by atoms with E-state index in [9.17, 15) is 0 Å². The van der Waals surface area contributed by atoms with Gasteiger partial charge in [0.05, 0.1) is 6.10 Å². The molecule has 78 valence electrons. The highest BCUT2D eigenvalue weighted by atomic mass is 16.5. The van der Waals surface area contributed by atoms with Crippen LogP contribution >= 0.6 is 0 Å². The molecule has 0 radical (unpaired) electrons. The van der Waals surface area contributed by atoms with Crippen LogP contribution in [0.2, 0.25) is 0 Å². The Bertz CT molecular complexity index is 117. The van der Waals surface area contributed by atoms with Gasteiger partial charge in [0.1, 0.15) is 0 Å². The Morgan fingerprint density at radius 2 is 1.85 bits per heavy atom. The van der Waals surface area contributed by atoms with Crippen molar-refractivity contribution >= 4 is 0 Å². The summed E-state index contributed by atoms with van der Waals surface area (Å²) < 4.78 is 5.85. The lowest BCUT2D eigenvalue weighted by atomic mass is 9.99. The van der Waals surface area contributed by atoms with Gasteiger partial charge < -0.3 is 10.1 Å². The number of nitrogens with one attached hydrogen (secondary N) is 1. The topological polar surface area (TPSA) is 21.3 Å². The molecule has 0 amide bonds. The van der Waals surface area contributed by atoms with Crippen LogP contribution in [0, 0.1) is 5.92 Å². The number of ether oxygens (including phenoxy) is 1. The van der Waals surface area contributed by atoms with E-state index in [-0.39, 0.29) is 0 Å². The van der Waals surface area contributed by atoms with Crippen molar-refractivity contribution in [3.8, 4) is 0 Å². The first-order valence-corrected chi connectivity index (χ1v) is 5.69. The molecule has 0 saturated carbocycles. The molecule has 1 saturated heterocycles. The summed E-state index contributed by atoms with van der Waals surface area (Å²) in [6.07, 6.45) is 5.39. The van der Waals surface area contributed by atoms with Crippen LogP contribution in [0.1, 0.15) is 39.5 Å².